The zero-order valence-electron chi connectivity index (χ0n) is 13.6. The molecule has 1 fully saturated rings. The lowest BCUT2D eigenvalue weighted by Gasteiger charge is -2.36. The lowest BCUT2D eigenvalue weighted by Crippen LogP contribution is -2.37. The highest BCUT2D eigenvalue weighted by molar-refractivity contribution is 5.38. The van der Waals surface area contributed by atoms with E-state index in [2.05, 4.69) is 51.2 Å². The van der Waals surface area contributed by atoms with Crippen molar-refractivity contribution in [2.24, 2.45) is 5.41 Å². The number of ether oxygens (including phenoxy) is 1. The van der Waals surface area contributed by atoms with Gasteiger partial charge >= 0.3 is 0 Å². The van der Waals surface area contributed by atoms with Crippen molar-refractivity contribution in [3.63, 3.8) is 0 Å². The molecule has 0 aromatic heterocycles. The van der Waals surface area contributed by atoms with Crippen LogP contribution in [0.4, 0.5) is 0 Å². The van der Waals surface area contributed by atoms with Crippen LogP contribution in [-0.4, -0.2) is 13.2 Å². The van der Waals surface area contributed by atoms with E-state index in [1.807, 2.05) is 0 Å². The second-order valence-electron chi connectivity index (χ2n) is 7.07. The van der Waals surface area contributed by atoms with Crippen molar-refractivity contribution in [2.75, 3.05) is 7.11 Å². The Morgan fingerprint density at radius 2 is 1.90 bits per heavy atom. The second-order valence-corrected chi connectivity index (χ2v) is 7.07. The first kappa shape index (κ1) is 15.4. The van der Waals surface area contributed by atoms with Gasteiger partial charge in [0.15, 0.2) is 0 Å². The molecule has 0 radical (unpaired) electrons. The molecule has 1 atom stereocenters. The maximum absolute atomic E-state index is 5.50. The molecule has 0 heterocycles. The number of hydrogen-bond acceptors (Lipinski definition) is 2. The van der Waals surface area contributed by atoms with Crippen LogP contribution in [0.25, 0.3) is 0 Å². The maximum Gasteiger partial charge on any atom is 0.123 e. The van der Waals surface area contributed by atoms with Gasteiger partial charge in [-0.3, -0.25) is 0 Å². The average molecular weight is 275 g/mol. The van der Waals surface area contributed by atoms with E-state index in [1.165, 1.54) is 36.8 Å². The fourth-order valence-corrected chi connectivity index (χ4v) is 3.20. The summed E-state index contributed by atoms with van der Waals surface area (Å²) in [6, 6.07) is 7.41. The minimum Gasteiger partial charge on any atom is -0.496 e. The molecule has 20 heavy (non-hydrogen) atoms. The van der Waals surface area contributed by atoms with Crippen LogP contribution >= 0.6 is 0 Å². The quantitative estimate of drug-likeness (QED) is 0.865. The number of benzene rings is 1. The molecular formula is C18H29NO. The van der Waals surface area contributed by atoms with E-state index in [9.17, 15) is 0 Å². The first-order valence-corrected chi connectivity index (χ1v) is 7.82. The summed E-state index contributed by atoms with van der Waals surface area (Å²) in [5.74, 6) is 0.992. The smallest absolute Gasteiger partial charge is 0.123 e. The zero-order valence-corrected chi connectivity index (χ0v) is 13.6. The monoisotopic (exact) mass is 275 g/mol. The van der Waals surface area contributed by atoms with Crippen molar-refractivity contribution in [3.05, 3.63) is 29.3 Å². The molecule has 1 aromatic rings. The Morgan fingerprint density at radius 1 is 1.25 bits per heavy atom. The van der Waals surface area contributed by atoms with Crippen LogP contribution in [-0.2, 0) is 0 Å². The van der Waals surface area contributed by atoms with Gasteiger partial charge in [-0.1, -0.05) is 31.5 Å². The van der Waals surface area contributed by atoms with Crippen LogP contribution in [0.2, 0.25) is 0 Å². The number of hydrogen-bond donors (Lipinski definition) is 1. The van der Waals surface area contributed by atoms with Gasteiger partial charge in [0.05, 0.1) is 7.11 Å². The van der Waals surface area contributed by atoms with Crippen molar-refractivity contribution in [2.45, 2.75) is 65.5 Å². The van der Waals surface area contributed by atoms with E-state index in [0.29, 0.717) is 17.5 Å². The fraction of sp³-hybridized carbons (Fsp3) is 0.667. The molecule has 0 amide bonds. The normalized spacial score (nSPS) is 20.6. The molecule has 0 saturated heterocycles. The average Bonchev–Trinajstić information content (AvgIpc) is 2.41. The van der Waals surface area contributed by atoms with E-state index in [-0.39, 0.29) is 0 Å². The van der Waals surface area contributed by atoms with Gasteiger partial charge in [0.2, 0.25) is 0 Å². The van der Waals surface area contributed by atoms with Crippen LogP contribution in [0, 0.1) is 12.3 Å². The molecule has 1 aliphatic carbocycles. The van der Waals surface area contributed by atoms with Crippen molar-refractivity contribution >= 4 is 0 Å². The number of methoxy groups -OCH3 is 1. The predicted octanol–water partition coefficient (Wildman–Crippen LogP) is 4.62. The summed E-state index contributed by atoms with van der Waals surface area (Å²) in [5.41, 5.74) is 3.10. The summed E-state index contributed by atoms with van der Waals surface area (Å²) >= 11 is 0. The first-order valence-electron chi connectivity index (χ1n) is 7.82. The van der Waals surface area contributed by atoms with Crippen LogP contribution in [0.15, 0.2) is 18.2 Å². The highest BCUT2D eigenvalue weighted by Crippen LogP contribution is 2.36. The standard InChI is InChI=1S/C18H29NO/c1-13-6-7-17(20-5)16(12-13)14(2)19-15-8-10-18(3,4)11-9-15/h6-7,12,14-15,19H,8-11H2,1-5H3. The Kier molecular flexibility index (Phi) is 4.74. The third-order valence-corrected chi connectivity index (χ3v) is 4.68. The molecule has 0 aliphatic heterocycles. The van der Waals surface area contributed by atoms with Crippen LogP contribution in [0.3, 0.4) is 0 Å². The Morgan fingerprint density at radius 3 is 2.50 bits per heavy atom. The topological polar surface area (TPSA) is 21.3 Å². The van der Waals surface area contributed by atoms with Crippen molar-refractivity contribution < 1.29 is 4.74 Å². The van der Waals surface area contributed by atoms with E-state index in [4.69, 9.17) is 4.74 Å². The molecule has 112 valence electrons. The molecule has 2 rings (SSSR count). The highest BCUT2D eigenvalue weighted by atomic mass is 16.5. The SMILES string of the molecule is COc1ccc(C)cc1C(C)NC1CCC(C)(C)CC1. The van der Waals surface area contributed by atoms with Gasteiger partial charge in [0.25, 0.3) is 0 Å². The largest absolute Gasteiger partial charge is 0.496 e. The lowest BCUT2D eigenvalue weighted by atomic mass is 9.75. The van der Waals surface area contributed by atoms with Crippen molar-refractivity contribution in [1.29, 1.82) is 0 Å². The predicted molar refractivity (Wildman–Crippen MR) is 85.3 cm³/mol. The summed E-state index contributed by atoms with van der Waals surface area (Å²) in [6.45, 7) is 9.16. The van der Waals surface area contributed by atoms with Gasteiger partial charge in [-0.15, -0.1) is 0 Å². The van der Waals surface area contributed by atoms with Gasteiger partial charge in [-0.2, -0.15) is 0 Å². The van der Waals surface area contributed by atoms with Gasteiger partial charge in [0, 0.05) is 17.6 Å². The Hall–Kier alpha value is -1.02. The third-order valence-electron chi connectivity index (χ3n) is 4.68. The number of nitrogens with one attached hydrogen (secondary N) is 1. The maximum atomic E-state index is 5.50. The molecule has 1 aromatic carbocycles. The third kappa shape index (κ3) is 3.76. The summed E-state index contributed by atoms with van der Waals surface area (Å²) < 4.78 is 5.50. The Balaban J connectivity index is 2.02. The summed E-state index contributed by atoms with van der Waals surface area (Å²) in [4.78, 5) is 0. The van der Waals surface area contributed by atoms with Crippen LogP contribution < -0.4 is 10.1 Å². The highest BCUT2D eigenvalue weighted by Gasteiger charge is 2.27. The molecule has 0 bridgehead atoms. The number of rotatable bonds is 4. The second kappa shape index (κ2) is 6.17. The zero-order chi connectivity index (χ0) is 14.8. The van der Waals surface area contributed by atoms with Crippen LogP contribution in [0.5, 0.6) is 5.75 Å². The van der Waals surface area contributed by atoms with E-state index < -0.39 is 0 Å². The van der Waals surface area contributed by atoms with Crippen molar-refractivity contribution in [3.8, 4) is 5.75 Å². The summed E-state index contributed by atoms with van der Waals surface area (Å²) in [5, 5.41) is 3.79. The molecule has 1 aliphatic rings. The molecule has 2 nitrogen and oxygen atoms in total. The van der Waals surface area contributed by atoms with Gasteiger partial charge in [0.1, 0.15) is 5.75 Å². The molecule has 1 unspecified atom stereocenters. The molecule has 2 heteroatoms. The minimum atomic E-state index is 0.344. The Labute approximate surface area is 123 Å². The first-order chi connectivity index (χ1) is 9.41. The van der Waals surface area contributed by atoms with Gasteiger partial charge < -0.3 is 10.1 Å². The fourth-order valence-electron chi connectivity index (χ4n) is 3.20. The number of aryl methyl sites for hydroxylation is 1. The summed E-state index contributed by atoms with van der Waals surface area (Å²) in [6.07, 6.45) is 5.21. The van der Waals surface area contributed by atoms with E-state index >= 15 is 0 Å². The molecular weight excluding hydrogens is 246 g/mol. The molecule has 1 saturated carbocycles. The van der Waals surface area contributed by atoms with Crippen LogP contribution in [0.1, 0.15) is 63.6 Å². The lowest BCUT2D eigenvalue weighted by molar-refractivity contribution is 0.199. The summed E-state index contributed by atoms with van der Waals surface area (Å²) in [7, 11) is 1.75. The van der Waals surface area contributed by atoms with E-state index in [1.54, 1.807) is 7.11 Å². The molecule has 0 spiro atoms. The minimum absolute atomic E-state index is 0.344. The van der Waals surface area contributed by atoms with E-state index in [0.717, 1.165) is 5.75 Å². The van der Waals surface area contributed by atoms with Gasteiger partial charge in [-0.25, -0.2) is 0 Å². The van der Waals surface area contributed by atoms with Crippen molar-refractivity contribution in [1.82, 2.24) is 5.32 Å². The Bertz CT molecular complexity index is 443. The molecule has 1 N–H and O–H groups in total. The van der Waals surface area contributed by atoms with Gasteiger partial charge in [-0.05, 0) is 51.0 Å².